The van der Waals surface area contributed by atoms with Crippen LogP contribution in [0.2, 0.25) is 0 Å². The van der Waals surface area contributed by atoms with E-state index in [1.807, 2.05) is 67.6 Å². The van der Waals surface area contributed by atoms with Crippen molar-refractivity contribution in [2.24, 2.45) is 0 Å². The van der Waals surface area contributed by atoms with Crippen LogP contribution in [0.15, 0.2) is 60.7 Å². The third-order valence-electron chi connectivity index (χ3n) is 3.01. The van der Waals surface area contributed by atoms with Crippen LogP contribution in [0.1, 0.15) is 24.0 Å². The van der Waals surface area contributed by atoms with Crippen LogP contribution in [0.5, 0.6) is 0 Å². The fourth-order valence-corrected chi connectivity index (χ4v) is 2.16. The zero-order valence-electron chi connectivity index (χ0n) is 10.3. The van der Waals surface area contributed by atoms with Gasteiger partial charge >= 0.3 is 0 Å². The number of rotatable bonds is 4. The van der Waals surface area contributed by atoms with Crippen LogP contribution in [0.25, 0.3) is 0 Å². The summed E-state index contributed by atoms with van der Waals surface area (Å²) in [5.74, 6) is 0.0268. The molecule has 0 saturated carbocycles. The minimum Gasteiger partial charge on any atom is -0.303 e. The van der Waals surface area contributed by atoms with E-state index in [9.17, 15) is 0 Å². The summed E-state index contributed by atoms with van der Waals surface area (Å²) in [4.78, 5) is 0.631. The molecule has 0 bridgehead atoms. The SMILES string of the molecule is CC(C(=N)C(=S)c1ccccc1)c1ccccc1. The van der Waals surface area contributed by atoms with Crippen molar-refractivity contribution in [1.29, 1.82) is 5.41 Å². The van der Waals surface area contributed by atoms with E-state index in [0.717, 1.165) is 11.1 Å². The molecule has 0 aliphatic heterocycles. The van der Waals surface area contributed by atoms with E-state index in [1.165, 1.54) is 0 Å². The second-order valence-corrected chi connectivity index (χ2v) is 4.65. The highest BCUT2D eigenvalue weighted by atomic mass is 32.1. The summed E-state index contributed by atoms with van der Waals surface area (Å²) < 4.78 is 0. The van der Waals surface area contributed by atoms with Crippen LogP contribution in [0.3, 0.4) is 0 Å². The maximum absolute atomic E-state index is 8.23. The first-order chi connectivity index (χ1) is 8.70. The first kappa shape index (κ1) is 12.7. The normalized spacial score (nSPS) is 11.8. The Balaban J connectivity index is 2.20. The third kappa shape index (κ3) is 2.71. The standard InChI is InChI=1S/C16H15NS/c1-12(13-8-4-2-5-9-13)15(17)16(18)14-10-6-3-7-11-14/h2-12,17H,1H3. The molecule has 1 unspecified atom stereocenters. The molecule has 90 valence electrons. The summed E-state index contributed by atoms with van der Waals surface area (Å²) in [7, 11) is 0. The number of hydrogen-bond donors (Lipinski definition) is 1. The Kier molecular flexibility index (Phi) is 4.00. The lowest BCUT2D eigenvalue weighted by Crippen LogP contribution is -2.18. The van der Waals surface area contributed by atoms with Gasteiger partial charge in [0.25, 0.3) is 0 Å². The maximum Gasteiger partial charge on any atom is 0.0663 e. The van der Waals surface area contributed by atoms with Crippen molar-refractivity contribution in [2.75, 3.05) is 0 Å². The Morgan fingerprint density at radius 2 is 1.44 bits per heavy atom. The van der Waals surface area contributed by atoms with Gasteiger partial charge < -0.3 is 5.41 Å². The highest BCUT2D eigenvalue weighted by Gasteiger charge is 2.16. The minimum absolute atomic E-state index is 0.0268. The predicted octanol–water partition coefficient (Wildman–Crippen LogP) is 4.23. The highest BCUT2D eigenvalue weighted by Crippen LogP contribution is 2.18. The first-order valence-electron chi connectivity index (χ1n) is 5.93. The van der Waals surface area contributed by atoms with Crippen molar-refractivity contribution in [3.8, 4) is 0 Å². The molecule has 0 radical (unpaired) electrons. The molecular formula is C16H15NS. The number of benzene rings is 2. The van der Waals surface area contributed by atoms with Crippen LogP contribution in [0, 0.1) is 5.41 Å². The Hall–Kier alpha value is -1.80. The van der Waals surface area contributed by atoms with Gasteiger partial charge in [0.15, 0.2) is 0 Å². The van der Waals surface area contributed by atoms with Crippen LogP contribution in [-0.2, 0) is 0 Å². The molecule has 0 saturated heterocycles. The average molecular weight is 253 g/mol. The molecule has 0 aromatic heterocycles. The lowest BCUT2D eigenvalue weighted by molar-refractivity contribution is 1.02. The molecular weight excluding hydrogens is 238 g/mol. The summed E-state index contributed by atoms with van der Waals surface area (Å²) in [5.41, 5.74) is 2.57. The second-order valence-electron chi connectivity index (χ2n) is 4.24. The molecule has 2 heteroatoms. The van der Waals surface area contributed by atoms with Crippen molar-refractivity contribution >= 4 is 22.8 Å². The molecule has 2 aromatic rings. The smallest absolute Gasteiger partial charge is 0.0663 e. The Labute approximate surface area is 113 Å². The van der Waals surface area contributed by atoms with Gasteiger partial charge in [0.1, 0.15) is 0 Å². The van der Waals surface area contributed by atoms with Crippen LogP contribution in [0.4, 0.5) is 0 Å². The molecule has 0 aliphatic carbocycles. The van der Waals surface area contributed by atoms with Gasteiger partial charge in [-0.15, -0.1) is 0 Å². The molecule has 0 amide bonds. The van der Waals surface area contributed by atoms with Gasteiger partial charge in [0.2, 0.25) is 0 Å². The highest BCUT2D eigenvalue weighted by molar-refractivity contribution is 7.82. The zero-order chi connectivity index (χ0) is 13.0. The van der Waals surface area contributed by atoms with E-state index in [4.69, 9.17) is 17.6 Å². The predicted molar refractivity (Wildman–Crippen MR) is 80.7 cm³/mol. The van der Waals surface area contributed by atoms with Crippen LogP contribution in [-0.4, -0.2) is 10.6 Å². The molecule has 0 aliphatic rings. The topological polar surface area (TPSA) is 23.9 Å². The fourth-order valence-electron chi connectivity index (χ4n) is 1.85. The molecule has 0 fully saturated rings. The fraction of sp³-hybridized carbons (Fsp3) is 0.125. The largest absolute Gasteiger partial charge is 0.303 e. The molecule has 2 rings (SSSR count). The number of nitrogens with one attached hydrogen (secondary N) is 1. The summed E-state index contributed by atoms with van der Waals surface area (Å²) in [6.45, 7) is 2.02. The van der Waals surface area contributed by atoms with Crippen molar-refractivity contribution in [3.63, 3.8) is 0 Å². The van der Waals surface area contributed by atoms with Crippen molar-refractivity contribution < 1.29 is 0 Å². The summed E-state index contributed by atoms with van der Waals surface area (Å²) in [6.07, 6.45) is 0. The van der Waals surface area contributed by atoms with Gasteiger partial charge in [-0.05, 0) is 11.1 Å². The molecule has 0 heterocycles. The van der Waals surface area contributed by atoms with E-state index < -0.39 is 0 Å². The molecule has 0 spiro atoms. The van der Waals surface area contributed by atoms with Gasteiger partial charge in [0.05, 0.1) is 10.6 Å². The Morgan fingerprint density at radius 3 is 2.00 bits per heavy atom. The molecule has 1 atom stereocenters. The summed E-state index contributed by atoms with van der Waals surface area (Å²) in [5, 5.41) is 8.23. The quantitative estimate of drug-likeness (QED) is 0.492. The van der Waals surface area contributed by atoms with E-state index in [-0.39, 0.29) is 5.92 Å². The van der Waals surface area contributed by atoms with Crippen LogP contribution < -0.4 is 0 Å². The van der Waals surface area contributed by atoms with E-state index in [1.54, 1.807) is 0 Å². The maximum atomic E-state index is 8.23. The van der Waals surface area contributed by atoms with Gasteiger partial charge in [-0.3, -0.25) is 0 Å². The molecule has 1 nitrogen and oxygen atoms in total. The summed E-state index contributed by atoms with van der Waals surface area (Å²) in [6, 6.07) is 19.8. The monoisotopic (exact) mass is 253 g/mol. The lowest BCUT2D eigenvalue weighted by atomic mass is 9.92. The Bertz CT molecular complexity index is 546. The van der Waals surface area contributed by atoms with Gasteiger partial charge in [-0.2, -0.15) is 0 Å². The second kappa shape index (κ2) is 5.69. The minimum atomic E-state index is 0.0268. The molecule has 1 N–H and O–H groups in total. The van der Waals surface area contributed by atoms with Crippen molar-refractivity contribution in [1.82, 2.24) is 0 Å². The van der Waals surface area contributed by atoms with Gasteiger partial charge in [-0.1, -0.05) is 79.8 Å². The van der Waals surface area contributed by atoms with Gasteiger partial charge in [0, 0.05) is 5.92 Å². The first-order valence-corrected chi connectivity index (χ1v) is 6.34. The van der Waals surface area contributed by atoms with E-state index >= 15 is 0 Å². The van der Waals surface area contributed by atoms with Crippen LogP contribution >= 0.6 is 12.2 Å². The third-order valence-corrected chi connectivity index (χ3v) is 3.47. The van der Waals surface area contributed by atoms with E-state index in [0.29, 0.717) is 10.6 Å². The zero-order valence-corrected chi connectivity index (χ0v) is 11.1. The number of thiocarbonyl (C=S) groups is 1. The molecule has 18 heavy (non-hydrogen) atoms. The average Bonchev–Trinajstić information content (AvgIpc) is 2.47. The number of hydrogen-bond acceptors (Lipinski definition) is 2. The lowest BCUT2D eigenvalue weighted by Gasteiger charge is -2.14. The van der Waals surface area contributed by atoms with Crippen molar-refractivity contribution in [3.05, 3.63) is 71.8 Å². The van der Waals surface area contributed by atoms with Crippen molar-refractivity contribution in [2.45, 2.75) is 12.8 Å². The Morgan fingerprint density at radius 1 is 0.944 bits per heavy atom. The molecule has 2 aromatic carbocycles. The van der Waals surface area contributed by atoms with E-state index in [2.05, 4.69) is 0 Å². The van der Waals surface area contributed by atoms with Gasteiger partial charge in [-0.25, -0.2) is 0 Å². The summed E-state index contributed by atoms with van der Waals surface area (Å²) >= 11 is 5.39.